The van der Waals surface area contributed by atoms with Crippen LogP contribution in [-0.2, 0) is 11.3 Å². The summed E-state index contributed by atoms with van der Waals surface area (Å²) >= 11 is 6.07. The second-order valence-electron chi connectivity index (χ2n) is 5.86. The van der Waals surface area contributed by atoms with E-state index < -0.39 is 17.4 Å². The molecule has 0 radical (unpaired) electrons. The second-order valence-corrected chi connectivity index (χ2v) is 6.27. The number of carbonyl (C=O) groups is 2. The van der Waals surface area contributed by atoms with Gasteiger partial charge in [-0.3, -0.25) is 19.0 Å². The van der Waals surface area contributed by atoms with Crippen molar-refractivity contribution >= 4 is 29.1 Å². The molecular weight excluding hydrogens is 380 g/mol. The van der Waals surface area contributed by atoms with E-state index in [4.69, 9.17) is 11.6 Å². The number of benzene rings is 2. The Morgan fingerprint density at radius 3 is 2.43 bits per heavy atom. The van der Waals surface area contributed by atoms with Crippen LogP contribution in [0.15, 0.2) is 65.6 Å². The molecule has 8 heteroatoms. The number of halogens is 1. The molecule has 1 heterocycles. The number of hydrogen-bond donors (Lipinski definition) is 2. The zero-order chi connectivity index (χ0) is 20.1. The number of carbonyl (C=O) groups excluding carboxylic acids is 2. The van der Waals surface area contributed by atoms with Gasteiger partial charge in [0.25, 0.3) is 11.5 Å². The first-order valence-corrected chi connectivity index (χ1v) is 8.80. The molecule has 28 heavy (non-hydrogen) atoms. The van der Waals surface area contributed by atoms with Crippen molar-refractivity contribution in [1.82, 2.24) is 14.9 Å². The van der Waals surface area contributed by atoms with Crippen LogP contribution in [0.2, 0.25) is 5.02 Å². The van der Waals surface area contributed by atoms with E-state index in [0.29, 0.717) is 16.3 Å². The van der Waals surface area contributed by atoms with E-state index >= 15 is 0 Å². The quantitative estimate of drug-likeness (QED) is 0.693. The summed E-state index contributed by atoms with van der Waals surface area (Å²) in [5.74, 6) is -0.756. The van der Waals surface area contributed by atoms with Crippen LogP contribution in [-0.4, -0.2) is 28.4 Å². The van der Waals surface area contributed by atoms with Crippen LogP contribution in [0.3, 0.4) is 0 Å². The van der Waals surface area contributed by atoms with Gasteiger partial charge in [0.05, 0.1) is 10.7 Å². The monoisotopic (exact) mass is 396 g/mol. The van der Waals surface area contributed by atoms with Crippen LogP contribution in [0, 0.1) is 0 Å². The average Bonchev–Trinajstić information content (AvgIpc) is 2.71. The summed E-state index contributed by atoms with van der Waals surface area (Å²) in [5.41, 5.74) is 0.322. The lowest BCUT2D eigenvalue weighted by atomic mass is 10.2. The summed E-state index contributed by atoms with van der Waals surface area (Å²) < 4.78 is 1.17. The zero-order valence-electron chi connectivity index (χ0n) is 15.0. The number of nitrogens with one attached hydrogen (secondary N) is 2. The van der Waals surface area contributed by atoms with Gasteiger partial charge in [-0.15, -0.1) is 0 Å². The minimum atomic E-state index is -0.609. The highest BCUT2D eigenvalue weighted by molar-refractivity contribution is 6.33. The summed E-state index contributed by atoms with van der Waals surface area (Å²) in [6, 6.07) is 15.7. The average molecular weight is 397 g/mol. The van der Waals surface area contributed by atoms with Crippen molar-refractivity contribution in [3.63, 3.8) is 0 Å². The predicted molar refractivity (Wildman–Crippen MR) is 107 cm³/mol. The summed E-state index contributed by atoms with van der Waals surface area (Å²) in [6.45, 7) is -0.327. The minimum absolute atomic E-state index is 0.146. The third kappa shape index (κ3) is 4.10. The number of para-hydroxylation sites is 1. The molecule has 0 saturated heterocycles. The van der Waals surface area contributed by atoms with Gasteiger partial charge in [0.1, 0.15) is 17.9 Å². The highest BCUT2D eigenvalue weighted by Crippen LogP contribution is 2.21. The van der Waals surface area contributed by atoms with Crippen LogP contribution in [0.1, 0.15) is 10.4 Å². The molecule has 0 bridgehead atoms. The van der Waals surface area contributed by atoms with Crippen LogP contribution in [0.5, 0.6) is 0 Å². The van der Waals surface area contributed by atoms with Gasteiger partial charge in [0.2, 0.25) is 5.91 Å². The van der Waals surface area contributed by atoms with Crippen LogP contribution in [0.25, 0.3) is 11.4 Å². The van der Waals surface area contributed by atoms with Crippen molar-refractivity contribution in [3.8, 4) is 11.4 Å². The molecule has 1 aromatic heterocycles. The Bertz CT molecular complexity index is 1080. The number of amides is 2. The molecule has 0 aliphatic carbocycles. The van der Waals surface area contributed by atoms with Gasteiger partial charge in [0, 0.05) is 18.8 Å². The molecule has 0 atom stereocenters. The summed E-state index contributed by atoms with van der Waals surface area (Å²) in [5, 5.41) is 5.45. The summed E-state index contributed by atoms with van der Waals surface area (Å²) in [4.78, 5) is 41.7. The Labute approximate surface area is 166 Å². The molecule has 3 aromatic rings. The minimum Gasteiger partial charge on any atom is -0.355 e. The second kappa shape index (κ2) is 8.49. The van der Waals surface area contributed by atoms with Gasteiger partial charge in [-0.25, -0.2) is 4.98 Å². The molecule has 2 N–H and O–H groups in total. The lowest BCUT2D eigenvalue weighted by Gasteiger charge is -2.14. The largest absolute Gasteiger partial charge is 0.355 e. The SMILES string of the molecule is CNC(=O)c1cnc(-c2ccccc2)n(CC(=O)Nc2ccccc2Cl)c1=O. The van der Waals surface area contributed by atoms with Gasteiger partial charge in [-0.05, 0) is 12.1 Å². The van der Waals surface area contributed by atoms with Crippen molar-refractivity contribution in [2.75, 3.05) is 12.4 Å². The maximum Gasteiger partial charge on any atom is 0.267 e. The first-order valence-electron chi connectivity index (χ1n) is 8.43. The molecular formula is C20H17ClN4O3. The predicted octanol–water partition coefficient (Wildman–Crippen LogP) is 2.56. The van der Waals surface area contributed by atoms with Crippen molar-refractivity contribution in [2.45, 2.75) is 6.54 Å². The van der Waals surface area contributed by atoms with Crippen LogP contribution >= 0.6 is 11.6 Å². The van der Waals surface area contributed by atoms with Gasteiger partial charge in [-0.2, -0.15) is 0 Å². The third-order valence-corrected chi connectivity index (χ3v) is 4.33. The molecule has 2 amide bonds. The molecule has 142 valence electrons. The Hall–Kier alpha value is -3.45. The van der Waals surface area contributed by atoms with E-state index in [1.807, 2.05) is 6.07 Å². The number of rotatable bonds is 5. The number of anilines is 1. The first-order chi connectivity index (χ1) is 13.5. The molecule has 0 spiro atoms. The zero-order valence-corrected chi connectivity index (χ0v) is 15.7. The fourth-order valence-electron chi connectivity index (χ4n) is 2.64. The van der Waals surface area contributed by atoms with E-state index in [9.17, 15) is 14.4 Å². The lowest BCUT2D eigenvalue weighted by molar-refractivity contribution is -0.116. The molecule has 0 aliphatic heterocycles. The number of nitrogens with zero attached hydrogens (tertiary/aromatic N) is 2. The summed E-state index contributed by atoms with van der Waals surface area (Å²) in [6.07, 6.45) is 1.21. The fourth-order valence-corrected chi connectivity index (χ4v) is 2.83. The Morgan fingerprint density at radius 1 is 1.07 bits per heavy atom. The molecule has 3 rings (SSSR count). The molecule has 0 saturated carbocycles. The topological polar surface area (TPSA) is 93.1 Å². The van der Waals surface area contributed by atoms with Gasteiger partial charge in [-0.1, -0.05) is 54.1 Å². The smallest absolute Gasteiger partial charge is 0.267 e. The molecule has 0 fully saturated rings. The maximum absolute atomic E-state index is 12.9. The Kier molecular flexibility index (Phi) is 5.86. The van der Waals surface area contributed by atoms with Crippen LogP contribution < -0.4 is 16.2 Å². The Morgan fingerprint density at radius 2 is 1.75 bits per heavy atom. The summed E-state index contributed by atoms with van der Waals surface area (Å²) in [7, 11) is 1.42. The van der Waals surface area contributed by atoms with Gasteiger partial charge in [0.15, 0.2) is 0 Å². The molecule has 2 aromatic carbocycles. The highest BCUT2D eigenvalue weighted by atomic mass is 35.5. The standard InChI is InChI=1S/C20H17ClN4O3/c1-22-19(27)14-11-23-18(13-7-3-2-4-8-13)25(20(14)28)12-17(26)24-16-10-6-5-9-15(16)21/h2-11H,12H2,1H3,(H,22,27)(H,24,26). The van der Waals surface area contributed by atoms with E-state index in [1.54, 1.807) is 48.5 Å². The fraction of sp³-hybridized carbons (Fsp3) is 0.100. The molecule has 0 unspecified atom stereocenters. The van der Waals surface area contributed by atoms with E-state index in [-0.39, 0.29) is 17.9 Å². The normalized spacial score (nSPS) is 10.4. The molecule has 0 aliphatic rings. The van der Waals surface area contributed by atoms with Gasteiger partial charge >= 0.3 is 0 Å². The van der Waals surface area contributed by atoms with Gasteiger partial charge < -0.3 is 10.6 Å². The van der Waals surface area contributed by atoms with Crippen molar-refractivity contribution in [3.05, 3.63) is 81.7 Å². The van der Waals surface area contributed by atoms with Crippen molar-refractivity contribution in [2.24, 2.45) is 0 Å². The first kappa shape index (κ1) is 19.3. The maximum atomic E-state index is 12.9. The van der Waals surface area contributed by atoms with Crippen molar-refractivity contribution < 1.29 is 9.59 Å². The van der Waals surface area contributed by atoms with Crippen LogP contribution in [0.4, 0.5) is 5.69 Å². The Balaban J connectivity index is 2.01. The van der Waals surface area contributed by atoms with E-state index in [2.05, 4.69) is 15.6 Å². The van der Waals surface area contributed by atoms with E-state index in [1.165, 1.54) is 17.8 Å². The lowest BCUT2D eigenvalue weighted by Crippen LogP contribution is -2.35. The highest BCUT2D eigenvalue weighted by Gasteiger charge is 2.18. The number of aromatic nitrogens is 2. The van der Waals surface area contributed by atoms with E-state index in [0.717, 1.165) is 0 Å². The third-order valence-electron chi connectivity index (χ3n) is 4.00. The van der Waals surface area contributed by atoms with Crippen molar-refractivity contribution in [1.29, 1.82) is 0 Å². The number of hydrogen-bond acceptors (Lipinski definition) is 4. The molecule has 7 nitrogen and oxygen atoms in total.